The van der Waals surface area contributed by atoms with Crippen LogP contribution in [0.25, 0.3) is 0 Å². The zero-order valence-electron chi connectivity index (χ0n) is 9.21. The van der Waals surface area contributed by atoms with Crippen LogP contribution in [0.5, 0.6) is 0 Å². The van der Waals surface area contributed by atoms with Crippen molar-refractivity contribution in [1.82, 2.24) is 4.90 Å². The second-order valence-corrected chi connectivity index (χ2v) is 4.72. The summed E-state index contributed by atoms with van der Waals surface area (Å²) in [7, 11) is 0. The van der Waals surface area contributed by atoms with Gasteiger partial charge in [0.2, 0.25) is 0 Å². The van der Waals surface area contributed by atoms with Crippen LogP contribution in [0.4, 0.5) is 0 Å². The maximum atomic E-state index is 2.60. The van der Waals surface area contributed by atoms with Crippen LogP contribution >= 0.6 is 0 Å². The van der Waals surface area contributed by atoms with Crippen molar-refractivity contribution in [2.45, 2.75) is 32.6 Å². The fraction of sp³-hybridized carbons (Fsp3) is 0.692. The first kappa shape index (κ1) is 9.97. The van der Waals surface area contributed by atoms with E-state index in [4.69, 9.17) is 0 Å². The van der Waals surface area contributed by atoms with Gasteiger partial charge in [-0.15, -0.1) is 0 Å². The summed E-state index contributed by atoms with van der Waals surface area (Å²) < 4.78 is 0. The van der Waals surface area contributed by atoms with E-state index in [1.54, 1.807) is 0 Å². The van der Waals surface area contributed by atoms with Crippen LogP contribution in [-0.4, -0.2) is 24.5 Å². The molecule has 0 aromatic carbocycles. The molecule has 0 saturated carbocycles. The molecule has 0 unspecified atom stereocenters. The van der Waals surface area contributed by atoms with Crippen molar-refractivity contribution in [2.75, 3.05) is 19.6 Å². The molecule has 1 aliphatic carbocycles. The molecular weight excluding hydrogens is 170 g/mol. The molecule has 1 heteroatoms. The topological polar surface area (TPSA) is 3.24 Å². The number of nitrogens with zero attached hydrogens (tertiary/aromatic N) is 1. The Hall–Kier alpha value is -0.560. The average Bonchev–Trinajstić information content (AvgIpc) is 2.23. The molecule has 0 N–H and O–H groups in total. The van der Waals surface area contributed by atoms with Gasteiger partial charge in [-0.3, -0.25) is 4.90 Å². The fourth-order valence-electron chi connectivity index (χ4n) is 2.26. The molecule has 0 radical (unpaired) electrons. The van der Waals surface area contributed by atoms with E-state index in [0.717, 1.165) is 5.92 Å². The summed E-state index contributed by atoms with van der Waals surface area (Å²) in [4.78, 5) is 2.60. The highest BCUT2D eigenvalue weighted by molar-refractivity contribution is 5.23. The Labute approximate surface area is 87.5 Å². The summed E-state index contributed by atoms with van der Waals surface area (Å²) in [6.07, 6.45) is 12.3. The highest BCUT2D eigenvalue weighted by Crippen LogP contribution is 2.18. The van der Waals surface area contributed by atoms with E-state index in [1.165, 1.54) is 50.9 Å². The van der Waals surface area contributed by atoms with Gasteiger partial charge in [-0.2, -0.15) is 0 Å². The van der Waals surface area contributed by atoms with Gasteiger partial charge in [0.1, 0.15) is 0 Å². The van der Waals surface area contributed by atoms with Gasteiger partial charge >= 0.3 is 0 Å². The number of rotatable bonds is 2. The third-order valence-electron chi connectivity index (χ3n) is 3.35. The molecule has 0 aromatic rings. The van der Waals surface area contributed by atoms with Crippen LogP contribution in [0.15, 0.2) is 23.8 Å². The lowest BCUT2D eigenvalue weighted by Gasteiger charge is -2.30. The Morgan fingerprint density at radius 2 is 2.07 bits per heavy atom. The van der Waals surface area contributed by atoms with Crippen LogP contribution < -0.4 is 0 Å². The van der Waals surface area contributed by atoms with Gasteiger partial charge in [-0.25, -0.2) is 0 Å². The van der Waals surface area contributed by atoms with Gasteiger partial charge in [0.15, 0.2) is 0 Å². The molecule has 0 aromatic heterocycles. The highest BCUT2D eigenvalue weighted by Gasteiger charge is 2.15. The summed E-state index contributed by atoms with van der Waals surface area (Å²) in [6.45, 7) is 6.15. The monoisotopic (exact) mass is 191 g/mol. The standard InChI is InChI=1S/C13H21N/c1-12-7-9-14(10-8-12)11-13-5-3-2-4-6-13/h3,5-6,12H,2,4,7-11H2,1H3. The first-order valence-electron chi connectivity index (χ1n) is 5.92. The van der Waals surface area contributed by atoms with E-state index in [2.05, 4.69) is 30.1 Å². The normalized spacial score (nSPS) is 25.1. The zero-order chi connectivity index (χ0) is 9.80. The van der Waals surface area contributed by atoms with Crippen molar-refractivity contribution >= 4 is 0 Å². The number of piperidine rings is 1. The minimum Gasteiger partial charge on any atom is -0.299 e. The Morgan fingerprint density at radius 1 is 1.29 bits per heavy atom. The van der Waals surface area contributed by atoms with E-state index in [9.17, 15) is 0 Å². The molecule has 78 valence electrons. The summed E-state index contributed by atoms with van der Waals surface area (Å²) >= 11 is 0. The number of hydrogen-bond acceptors (Lipinski definition) is 1. The van der Waals surface area contributed by atoms with Crippen LogP contribution in [0.2, 0.25) is 0 Å². The van der Waals surface area contributed by atoms with E-state index in [1.807, 2.05) is 0 Å². The molecule has 0 atom stereocenters. The second kappa shape index (κ2) is 4.79. The molecule has 1 nitrogen and oxygen atoms in total. The van der Waals surface area contributed by atoms with E-state index in [0.29, 0.717) is 0 Å². The van der Waals surface area contributed by atoms with Crippen molar-refractivity contribution in [3.8, 4) is 0 Å². The van der Waals surface area contributed by atoms with Crippen molar-refractivity contribution in [2.24, 2.45) is 5.92 Å². The first-order chi connectivity index (χ1) is 6.84. The summed E-state index contributed by atoms with van der Waals surface area (Å²) in [5, 5.41) is 0. The molecule has 1 saturated heterocycles. The third kappa shape index (κ3) is 2.71. The molecule has 1 aliphatic heterocycles. The second-order valence-electron chi connectivity index (χ2n) is 4.72. The van der Waals surface area contributed by atoms with E-state index < -0.39 is 0 Å². The van der Waals surface area contributed by atoms with Gasteiger partial charge in [0.25, 0.3) is 0 Å². The summed E-state index contributed by atoms with van der Waals surface area (Å²) in [5.41, 5.74) is 1.53. The van der Waals surface area contributed by atoms with Crippen LogP contribution in [0.1, 0.15) is 32.6 Å². The van der Waals surface area contributed by atoms with Crippen molar-refractivity contribution < 1.29 is 0 Å². The molecule has 2 rings (SSSR count). The highest BCUT2D eigenvalue weighted by atomic mass is 15.1. The summed E-state index contributed by atoms with van der Waals surface area (Å²) in [6, 6.07) is 0. The number of allylic oxidation sites excluding steroid dienone is 2. The zero-order valence-corrected chi connectivity index (χ0v) is 9.21. The van der Waals surface area contributed by atoms with Gasteiger partial charge in [-0.05, 0) is 50.3 Å². The third-order valence-corrected chi connectivity index (χ3v) is 3.35. The number of likely N-dealkylation sites (tertiary alicyclic amines) is 1. The minimum absolute atomic E-state index is 0.946. The van der Waals surface area contributed by atoms with E-state index >= 15 is 0 Å². The van der Waals surface area contributed by atoms with Crippen molar-refractivity contribution in [3.63, 3.8) is 0 Å². The predicted molar refractivity (Wildman–Crippen MR) is 61.3 cm³/mol. The van der Waals surface area contributed by atoms with Crippen LogP contribution in [-0.2, 0) is 0 Å². The maximum Gasteiger partial charge on any atom is 0.0230 e. The Kier molecular flexibility index (Phi) is 3.41. The SMILES string of the molecule is CC1CCN(CC2=CCCC=C2)CC1. The Balaban J connectivity index is 1.80. The summed E-state index contributed by atoms with van der Waals surface area (Å²) in [5.74, 6) is 0.946. The van der Waals surface area contributed by atoms with Crippen LogP contribution in [0, 0.1) is 5.92 Å². The van der Waals surface area contributed by atoms with Crippen LogP contribution in [0.3, 0.4) is 0 Å². The maximum absolute atomic E-state index is 2.60. The fourth-order valence-corrected chi connectivity index (χ4v) is 2.26. The largest absolute Gasteiger partial charge is 0.299 e. The minimum atomic E-state index is 0.946. The molecular formula is C13H21N. The number of hydrogen-bond donors (Lipinski definition) is 0. The molecule has 14 heavy (non-hydrogen) atoms. The molecule has 0 amide bonds. The quantitative estimate of drug-likeness (QED) is 0.648. The average molecular weight is 191 g/mol. The van der Waals surface area contributed by atoms with Gasteiger partial charge in [0, 0.05) is 6.54 Å². The smallest absolute Gasteiger partial charge is 0.0230 e. The molecule has 2 aliphatic rings. The molecule has 1 heterocycles. The molecule has 0 spiro atoms. The molecule has 0 bridgehead atoms. The Bertz CT molecular complexity index is 232. The van der Waals surface area contributed by atoms with Gasteiger partial charge in [0.05, 0.1) is 0 Å². The van der Waals surface area contributed by atoms with Gasteiger partial charge < -0.3 is 0 Å². The Morgan fingerprint density at radius 3 is 2.71 bits per heavy atom. The lowest BCUT2D eigenvalue weighted by atomic mass is 9.98. The lowest BCUT2D eigenvalue weighted by molar-refractivity contribution is 0.207. The van der Waals surface area contributed by atoms with Gasteiger partial charge in [-0.1, -0.05) is 25.2 Å². The molecule has 1 fully saturated rings. The first-order valence-corrected chi connectivity index (χ1v) is 5.92. The predicted octanol–water partition coefficient (Wildman–Crippen LogP) is 2.99. The lowest BCUT2D eigenvalue weighted by Crippen LogP contribution is -2.34. The van der Waals surface area contributed by atoms with E-state index in [-0.39, 0.29) is 0 Å². The van der Waals surface area contributed by atoms with Crippen molar-refractivity contribution in [3.05, 3.63) is 23.8 Å². The van der Waals surface area contributed by atoms with Crippen molar-refractivity contribution in [1.29, 1.82) is 0 Å².